The molecule has 0 aromatic heterocycles. The summed E-state index contributed by atoms with van der Waals surface area (Å²) < 4.78 is 0. The normalized spacial score (nSPS) is 39.5. The smallest absolute Gasteiger partial charge is 0.201 e. The summed E-state index contributed by atoms with van der Waals surface area (Å²) in [6.07, 6.45) is 22.4. The predicted molar refractivity (Wildman–Crippen MR) is 268 cm³/mol. The third-order valence-corrected chi connectivity index (χ3v) is 23.4. The minimum atomic E-state index is -0.410. The van der Waals surface area contributed by atoms with Crippen molar-refractivity contribution in [2.24, 2.45) is 56.3 Å². The Hall–Kier alpha value is -4.58. The van der Waals surface area contributed by atoms with E-state index >= 15 is 0 Å². The van der Waals surface area contributed by atoms with Gasteiger partial charge in [0.05, 0.1) is 5.41 Å². The highest BCUT2D eigenvalue weighted by Gasteiger charge is 2.72. The topological polar surface area (TPSA) is 37.7 Å². The Morgan fingerprint density at radius 2 is 0.866 bits per heavy atom. The Morgan fingerprint density at radius 3 is 1.36 bits per heavy atom. The second-order valence-electron chi connectivity index (χ2n) is 25.9. The van der Waals surface area contributed by atoms with Gasteiger partial charge < -0.3 is 19.6 Å². The standard InChI is InChI=1S/C61H66N6/c1-13-62-55-64(15-1)17-3-19-66(55)45-7-11-49-50-12-8-46(67-20-4-18-65-16-2-14-63-56(65)67)28-54(50)61(53(49)27-45)51-25-39(57-29-37-21-41-23-43(33-57)59(41,31-37)35-57)5-9-47(51)48-10-6-40(26-52(48)61)58-30-38-22-42-24-44(34-58)60(42,32-38)36-58/h5-12,25-28,37-38,41-44H,1-4,13-24,29-36H2. The molecule has 18 rings (SSSR count). The molecule has 0 radical (unpaired) electrons. The largest absolute Gasteiger partial charge is 0.342 e. The molecule has 14 aliphatic rings. The maximum Gasteiger partial charge on any atom is 0.201 e. The summed E-state index contributed by atoms with van der Waals surface area (Å²) >= 11 is 0. The van der Waals surface area contributed by atoms with Crippen molar-refractivity contribution in [3.63, 3.8) is 0 Å². The average molecular weight is 883 g/mol. The first kappa shape index (κ1) is 37.3. The quantitative estimate of drug-likeness (QED) is 0.177. The van der Waals surface area contributed by atoms with Crippen LogP contribution in [0.25, 0.3) is 22.3 Å². The third kappa shape index (κ3) is 4.34. The number of fused-ring (bicyclic) bond motifs is 16. The molecule has 6 bridgehead atoms. The van der Waals surface area contributed by atoms with Crippen molar-refractivity contribution >= 4 is 23.3 Å². The molecule has 10 aliphatic carbocycles. The molecule has 6 heteroatoms. The van der Waals surface area contributed by atoms with Gasteiger partial charge in [-0.3, -0.25) is 9.98 Å². The van der Waals surface area contributed by atoms with E-state index in [9.17, 15) is 0 Å². The van der Waals surface area contributed by atoms with Gasteiger partial charge in [-0.2, -0.15) is 0 Å². The van der Waals surface area contributed by atoms with Gasteiger partial charge in [-0.25, -0.2) is 0 Å². The molecule has 10 unspecified atom stereocenters. The van der Waals surface area contributed by atoms with Crippen LogP contribution < -0.4 is 9.80 Å². The summed E-state index contributed by atoms with van der Waals surface area (Å²) in [5.41, 5.74) is 19.7. The highest BCUT2D eigenvalue weighted by molar-refractivity contribution is 6.02. The maximum absolute atomic E-state index is 5.27. The van der Waals surface area contributed by atoms with Crippen LogP contribution in [0.5, 0.6) is 0 Å². The molecule has 0 amide bonds. The monoisotopic (exact) mass is 883 g/mol. The molecule has 2 saturated heterocycles. The van der Waals surface area contributed by atoms with Crippen LogP contribution in [0.1, 0.15) is 136 Å². The van der Waals surface area contributed by atoms with Crippen molar-refractivity contribution in [2.45, 2.75) is 119 Å². The fourth-order valence-electron chi connectivity index (χ4n) is 21.3. The lowest BCUT2D eigenvalue weighted by atomic mass is 9.55. The molecule has 4 aromatic rings. The van der Waals surface area contributed by atoms with Gasteiger partial charge in [-0.05, 0) is 240 Å². The van der Waals surface area contributed by atoms with Crippen LogP contribution in [0.4, 0.5) is 11.4 Å². The van der Waals surface area contributed by atoms with Crippen LogP contribution in [0.2, 0.25) is 0 Å². The van der Waals surface area contributed by atoms with E-state index in [4.69, 9.17) is 9.98 Å². The number of guanidine groups is 2. The highest BCUT2D eigenvalue weighted by atomic mass is 15.4. The van der Waals surface area contributed by atoms with Crippen molar-refractivity contribution in [3.05, 3.63) is 106 Å². The molecular weight excluding hydrogens is 817 g/mol. The van der Waals surface area contributed by atoms with Crippen molar-refractivity contribution in [1.82, 2.24) is 9.80 Å². The van der Waals surface area contributed by atoms with Crippen molar-refractivity contribution in [1.29, 1.82) is 0 Å². The Bertz CT molecular complexity index is 2780. The summed E-state index contributed by atoms with van der Waals surface area (Å²) in [7, 11) is 0. The van der Waals surface area contributed by atoms with Crippen LogP contribution in [0.15, 0.2) is 82.8 Å². The SMILES string of the molecule is c1cc2c(cc1N1CCCN3CCCN=C31)C1(c3cc(N4CCCN5CCCN=C54)ccc3-2)c2cc(C34CC5CC6CC(C3)C6(C5)C4)ccc2-c2ccc(C34CC5CC6CC(C3)C6(C5)C4)cc21. The second-order valence-corrected chi connectivity index (χ2v) is 25.9. The van der Waals surface area contributed by atoms with E-state index in [1.54, 1.807) is 22.3 Å². The second kappa shape index (κ2) is 12.2. The Balaban J connectivity index is 0.894. The van der Waals surface area contributed by atoms with Crippen LogP contribution in [0, 0.1) is 46.3 Å². The summed E-state index contributed by atoms with van der Waals surface area (Å²) in [5, 5.41) is 0. The van der Waals surface area contributed by atoms with E-state index in [1.807, 2.05) is 0 Å². The average Bonchev–Trinajstić information content (AvgIpc) is 4.06. The van der Waals surface area contributed by atoms with E-state index < -0.39 is 5.41 Å². The molecule has 340 valence electrons. The summed E-state index contributed by atoms with van der Waals surface area (Å²) in [6, 6.07) is 31.9. The maximum atomic E-state index is 5.27. The minimum absolute atomic E-state index is 0.328. The van der Waals surface area contributed by atoms with Gasteiger partial charge >= 0.3 is 0 Å². The lowest BCUT2D eigenvalue weighted by molar-refractivity contribution is -0.000171. The van der Waals surface area contributed by atoms with Crippen LogP contribution >= 0.6 is 0 Å². The van der Waals surface area contributed by atoms with E-state index in [-0.39, 0.29) is 0 Å². The third-order valence-electron chi connectivity index (χ3n) is 23.4. The van der Waals surface area contributed by atoms with Gasteiger partial charge in [-0.1, -0.05) is 48.5 Å². The van der Waals surface area contributed by atoms with Gasteiger partial charge in [-0.15, -0.1) is 0 Å². The van der Waals surface area contributed by atoms with Gasteiger partial charge in [0.1, 0.15) is 0 Å². The zero-order valence-electron chi connectivity index (χ0n) is 39.5. The lowest BCUT2D eigenvalue weighted by Crippen LogP contribution is -2.52. The number of hydrogen-bond donors (Lipinski definition) is 0. The highest BCUT2D eigenvalue weighted by Crippen LogP contribution is 2.81. The van der Waals surface area contributed by atoms with E-state index in [2.05, 4.69) is 92.4 Å². The van der Waals surface area contributed by atoms with Gasteiger partial charge in [0.15, 0.2) is 0 Å². The van der Waals surface area contributed by atoms with Crippen LogP contribution in [-0.2, 0) is 16.2 Å². The van der Waals surface area contributed by atoms with Gasteiger partial charge in [0.25, 0.3) is 0 Å². The molecule has 6 nitrogen and oxygen atoms in total. The molecule has 4 aromatic carbocycles. The number of aliphatic imine (C=N–C) groups is 2. The minimum Gasteiger partial charge on any atom is -0.342 e. The Kier molecular flexibility index (Phi) is 6.81. The molecule has 3 spiro atoms. The zero-order valence-corrected chi connectivity index (χ0v) is 39.5. The first-order valence-electron chi connectivity index (χ1n) is 27.7. The van der Waals surface area contributed by atoms with Crippen molar-refractivity contribution < 1.29 is 0 Å². The summed E-state index contributed by atoms with van der Waals surface area (Å²) in [4.78, 5) is 20.9. The van der Waals surface area contributed by atoms with E-state index in [0.29, 0.717) is 21.7 Å². The number of rotatable bonds is 4. The Morgan fingerprint density at radius 1 is 0.418 bits per heavy atom. The van der Waals surface area contributed by atoms with Crippen molar-refractivity contribution in [3.8, 4) is 22.3 Å². The predicted octanol–water partition coefficient (Wildman–Crippen LogP) is 11.5. The van der Waals surface area contributed by atoms with Crippen molar-refractivity contribution in [2.75, 3.05) is 62.2 Å². The molecule has 8 saturated carbocycles. The molecule has 67 heavy (non-hydrogen) atoms. The molecule has 10 fully saturated rings. The van der Waals surface area contributed by atoms with E-state index in [1.165, 1.54) is 147 Å². The fourth-order valence-corrected chi connectivity index (χ4v) is 21.3. The van der Waals surface area contributed by atoms with Crippen LogP contribution in [-0.4, -0.2) is 74.1 Å². The first-order valence-corrected chi connectivity index (χ1v) is 27.7. The fraction of sp³-hybridized carbons (Fsp3) is 0.574. The van der Waals surface area contributed by atoms with E-state index in [0.717, 1.165) is 101 Å². The van der Waals surface area contributed by atoms with Crippen LogP contribution in [0.3, 0.4) is 0 Å². The number of benzene rings is 4. The molecule has 4 aliphatic heterocycles. The Labute approximate surface area is 397 Å². The zero-order chi connectivity index (χ0) is 43.2. The number of nitrogens with zero attached hydrogens (tertiary/aromatic N) is 6. The van der Waals surface area contributed by atoms with Gasteiger partial charge in [0, 0.05) is 63.7 Å². The number of anilines is 2. The first-order chi connectivity index (χ1) is 32.9. The molecular formula is C61H66N6. The van der Waals surface area contributed by atoms with Gasteiger partial charge in [0.2, 0.25) is 11.9 Å². The molecule has 10 atom stereocenters. The number of hydrogen-bond acceptors (Lipinski definition) is 6. The summed E-state index contributed by atoms with van der Waals surface area (Å²) in [5.74, 6) is 8.20. The molecule has 4 heterocycles. The summed E-state index contributed by atoms with van der Waals surface area (Å²) in [6.45, 7) is 8.45. The lowest BCUT2D eigenvalue weighted by Gasteiger charge is -2.49. The molecule has 0 N–H and O–H groups in total.